The van der Waals surface area contributed by atoms with Gasteiger partial charge >= 0.3 is 6.09 Å². The molecule has 0 radical (unpaired) electrons. The quantitative estimate of drug-likeness (QED) is 0.741. The molecule has 24 heavy (non-hydrogen) atoms. The highest BCUT2D eigenvalue weighted by Gasteiger charge is 2.37. The molecule has 1 saturated carbocycles. The van der Waals surface area contributed by atoms with E-state index in [1.54, 1.807) is 4.90 Å². The molecule has 2 fully saturated rings. The van der Waals surface area contributed by atoms with Crippen LogP contribution in [0.2, 0.25) is 0 Å². The summed E-state index contributed by atoms with van der Waals surface area (Å²) in [6, 6.07) is 9.98. The zero-order valence-corrected chi connectivity index (χ0v) is 14.5. The van der Waals surface area contributed by atoms with Crippen LogP contribution in [0.1, 0.15) is 31.2 Å². The molecule has 2 aliphatic rings. The van der Waals surface area contributed by atoms with Gasteiger partial charge in [-0.3, -0.25) is 4.79 Å². The van der Waals surface area contributed by atoms with Crippen molar-refractivity contribution in [1.29, 1.82) is 0 Å². The Labute approximate surface area is 147 Å². The number of likely N-dealkylation sites (tertiary alicyclic amines) is 1. The molecule has 1 saturated heterocycles. The molecule has 0 bridgehead atoms. The summed E-state index contributed by atoms with van der Waals surface area (Å²) < 4.78 is 5.44. The van der Waals surface area contributed by atoms with Crippen molar-refractivity contribution >= 4 is 23.6 Å². The lowest BCUT2D eigenvalue weighted by molar-refractivity contribution is -0.129. The number of halogens is 1. The van der Waals surface area contributed by atoms with Crippen LogP contribution in [0.4, 0.5) is 4.79 Å². The maximum atomic E-state index is 12.4. The third kappa shape index (κ3) is 4.20. The van der Waals surface area contributed by atoms with Gasteiger partial charge in [-0.15, -0.1) is 11.6 Å². The minimum atomic E-state index is -0.296. The van der Waals surface area contributed by atoms with Gasteiger partial charge in [0, 0.05) is 19.1 Å². The first-order chi connectivity index (χ1) is 11.7. The highest BCUT2D eigenvalue weighted by atomic mass is 35.5. The van der Waals surface area contributed by atoms with E-state index in [1.165, 1.54) is 0 Å². The van der Waals surface area contributed by atoms with E-state index in [1.807, 2.05) is 35.2 Å². The molecule has 3 rings (SSSR count). The van der Waals surface area contributed by atoms with Gasteiger partial charge in [-0.05, 0) is 31.2 Å². The van der Waals surface area contributed by atoms with Crippen molar-refractivity contribution < 1.29 is 14.3 Å². The third-order valence-corrected chi connectivity index (χ3v) is 4.88. The number of nitrogens with zero attached hydrogens (tertiary/aromatic N) is 2. The summed E-state index contributed by atoms with van der Waals surface area (Å²) in [6.45, 7) is 1.53. The maximum absolute atomic E-state index is 12.4. The number of alkyl halides is 1. The summed E-state index contributed by atoms with van der Waals surface area (Å²) in [7, 11) is 0. The number of amides is 2. The van der Waals surface area contributed by atoms with Crippen molar-refractivity contribution in [3.8, 4) is 0 Å². The second-order valence-electron chi connectivity index (χ2n) is 6.44. The van der Waals surface area contributed by atoms with E-state index in [4.69, 9.17) is 16.3 Å². The number of hydrogen-bond acceptors (Lipinski definition) is 3. The molecule has 0 aromatic heterocycles. The van der Waals surface area contributed by atoms with Gasteiger partial charge in [0.05, 0.1) is 6.04 Å². The molecule has 6 heteroatoms. The van der Waals surface area contributed by atoms with E-state index in [2.05, 4.69) is 0 Å². The maximum Gasteiger partial charge on any atom is 0.410 e. The summed E-state index contributed by atoms with van der Waals surface area (Å²) in [5.41, 5.74) is 0.971. The van der Waals surface area contributed by atoms with Gasteiger partial charge in [-0.2, -0.15) is 0 Å². The third-order valence-electron chi connectivity index (χ3n) is 4.65. The van der Waals surface area contributed by atoms with E-state index in [-0.39, 0.29) is 30.5 Å². The molecule has 1 aliphatic carbocycles. The Morgan fingerprint density at radius 1 is 1.21 bits per heavy atom. The summed E-state index contributed by atoms with van der Waals surface area (Å²) in [6.07, 6.45) is 3.62. The molecule has 1 atom stereocenters. The fraction of sp³-hybridized carbons (Fsp3) is 0.556. The Morgan fingerprint density at radius 3 is 2.62 bits per heavy atom. The van der Waals surface area contributed by atoms with E-state index >= 15 is 0 Å². The Bertz CT molecular complexity index is 577. The van der Waals surface area contributed by atoms with Gasteiger partial charge in [0.25, 0.3) is 0 Å². The summed E-state index contributed by atoms with van der Waals surface area (Å²) >= 11 is 5.72. The van der Waals surface area contributed by atoms with E-state index in [9.17, 15) is 9.59 Å². The Kier molecular flexibility index (Phi) is 5.61. The van der Waals surface area contributed by atoms with E-state index < -0.39 is 0 Å². The van der Waals surface area contributed by atoms with Crippen LogP contribution in [-0.2, 0) is 16.1 Å². The Morgan fingerprint density at radius 2 is 1.96 bits per heavy atom. The molecule has 0 N–H and O–H groups in total. The monoisotopic (exact) mass is 350 g/mol. The van der Waals surface area contributed by atoms with Crippen molar-refractivity contribution in [2.75, 3.05) is 19.0 Å². The topological polar surface area (TPSA) is 49.9 Å². The molecule has 1 aliphatic heterocycles. The Balaban J connectivity index is 1.56. The number of rotatable bonds is 6. The average Bonchev–Trinajstić information content (AvgIpc) is 3.35. The Hall–Kier alpha value is -1.75. The first kappa shape index (κ1) is 17.1. The normalized spacial score (nSPS) is 20.0. The van der Waals surface area contributed by atoms with Crippen molar-refractivity contribution in [2.45, 2.75) is 44.4 Å². The van der Waals surface area contributed by atoms with Gasteiger partial charge in [0.15, 0.2) is 0 Å². The SMILES string of the molecule is O=C(CCl)N(C[C@H]1CCCN1C(=O)OCc1ccccc1)C1CC1. The highest BCUT2D eigenvalue weighted by molar-refractivity contribution is 6.27. The number of hydrogen-bond donors (Lipinski definition) is 0. The molecule has 0 spiro atoms. The second-order valence-corrected chi connectivity index (χ2v) is 6.71. The molecule has 1 heterocycles. The number of carbonyl (C=O) groups is 2. The summed E-state index contributed by atoms with van der Waals surface area (Å²) in [5.74, 6) is -0.0366. The van der Waals surface area contributed by atoms with E-state index in [0.717, 1.165) is 31.2 Å². The van der Waals surface area contributed by atoms with Crippen molar-refractivity contribution in [3.63, 3.8) is 0 Å². The fourth-order valence-electron chi connectivity index (χ4n) is 3.21. The number of benzene rings is 1. The lowest BCUT2D eigenvalue weighted by atomic mass is 10.2. The van der Waals surface area contributed by atoms with Crippen LogP contribution in [0, 0.1) is 0 Å². The highest BCUT2D eigenvalue weighted by Crippen LogP contribution is 2.29. The van der Waals surface area contributed by atoms with Gasteiger partial charge in [-0.25, -0.2) is 4.79 Å². The van der Waals surface area contributed by atoms with Crippen LogP contribution in [0.3, 0.4) is 0 Å². The van der Waals surface area contributed by atoms with Crippen LogP contribution < -0.4 is 0 Å². The number of ether oxygens (including phenoxy) is 1. The average molecular weight is 351 g/mol. The van der Waals surface area contributed by atoms with Gasteiger partial charge in [0.1, 0.15) is 12.5 Å². The van der Waals surface area contributed by atoms with Gasteiger partial charge in [-0.1, -0.05) is 30.3 Å². The smallest absolute Gasteiger partial charge is 0.410 e. The van der Waals surface area contributed by atoms with Crippen molar-refractivity contribution in [1.82, 2.24) is 9.80 Å². The van der Waals surface area contributed by atoms with Gasteiger partial charge < -0.3 is 14.5 Å². The molecular formula is C18H23ClN2O3. The molecular weight excluding hydrogens is 328 g/mol. The predicted octanol–water partition coefficient (Wildman–Crippen LogP) is 3.02. The van der Waals surface area contributed by atoms with E-state index in [0.29, 0.717) is 19.1 Å². The van der Waals surface area contributed by atoms with Crippen LogP contribution in [0.5, 0.6) is 0 Å². The first-order valence-electron chi connectivity index (χ1n) is 8.52. The zero-order valence-electron chi connectivity index (χ0n) is 13.7. The number of carbonyl (C=O) groups excluding carboxylic acids is 2. The van der Waals surface area contributed by atoms with Crippen LogP contribution in [0.15, 0.2) is 30.3 Å². The molecule has 2 amide bonds. The minimum Gasteiger partial charge on any atom is -0.445 e. The van der Waals surface area contributed by atoms with Crippen molar-refractivity contribution in [3.05, 3.63) is 35.9 Å². The van der Waals surface area contributed by atoms with Crippen molar-refractivity contribution in [2.24, 2.45) is 0 Å². The van der Waals surface area contributed by atoms with Gasteiger partial charge in [0.2, 0.25) is 5.91 Å². The van der Waals surface area contributed by atoms with Crippen LogP contribution >= 0.6 is 11.6 Å². The molecule has 130 valence electrons. The largest absolute Gasteiger partial charge is 0.445 e. The predicted molar refractivity (Wildman–Crippen MR) is 91.8 cm³/mol. The molecule has 1 aromatic carbocycles. The second kappa shape index (κ2) is 7.88. The summed E-state index contributed by atoms with van der Waals surface area (Å²) in [5, 5.41) is 0. The molecule has 1 aromatic rings. The fourth-order valence-corrected chi connectivity index (χ4v) is 3.37. The first-order valence-corrected chi connectivity index (χ1v) is 9.05. The van der Waals surface area contributed by atoms with Crippen LogP contribution in [0.25, 0.3) is 0 Å². The lowest BCUT2D eigenvalue weighted by Gasteiger charge is -2.30. The zero-order chi connectivity index (χ0) is 16.9. The molecule has 0 unspecified atom stereocenters. The summed E-state index contributed by atoms with van der Waals surface area (Å²) in [4.78, 5) is 28.0. The lowest BCUT2D eigenvalue weighted by Crippen LogP contribution is -2.46. The molecule has 5 nitrogen and oxygen atoms in total. The van der Waals surface area contributed by atoms with Crippen LogP contribution in [-0.4, -0.2) is 52.9 Å². The minimum absolute atomic E-state index is 0.00166. The standard InChI is InChI=1S/C18H23ClN2O3/c19-11-17(22)21(15-8-9-15)12-16-7-4-10-20(16)18(23)24-13-14-5-2-1-3-6-14/h1-3,5-6,15-16H,4,7-13H2/t16-/m1/s1.